The van der Waals surface area contributed by atoms with Crippen LogP contribution in [0.25, 0.3) is 0 Å². The molecule has 0 N–H and O–H groups in total. The minimum atomic E-state index is -4.51. The molecule has 0 atom stereocenters. The Kier molecular flexibility index (Phi) is 3.10. The third kappa shape index (κ3) is 3.64. The number of hydrogen-bond acceptors (Lipinski definition) is 2. The number of methoxy groups -OCH3 is 1. The molecule has 0 bridgehead atoms. The highest BCUT2D eigenvalue weighted by Crippen LogP contribution is 2.26. The summed E-state index contributed by atoms with van der Waals surface area (Å²) in [4.78, 5) is 10.3. The zero-order valence-electron chi connectivity index (χ0n) is 5.86. The number of alkyl halides is 3. The fraction of sp³-hybridized carbons (Fsp3) is 0.500. The molecule has 0 aliphatic heterocycles. The number of carbonyl (C=O) groups is 1. The average molecular weight is 168 g/mol. The van der Waals surface area contributed by atoms with E-state index in [4.69, 9.17) is 0 Å². The first-order valence-electron chi connectivity index (χ1n) is 2.69. The summed E-state index contributed by atoms with van der Waals surface area (Å²) in [5.74, 6) is -0.938. The molecule has 0 rings (SSSR count). The van der Waals surface area contributed by atoms with Gasteiger partial charge >= 0.3 is 12.1 Å². The topological polar surface area (TPSA) is 26.3 Å². The molecule has 0 radical (unpaired) electrons. The van der Waals surface area contributed by atoms with Crippen molar-refractivity contribution in [3.63, 3.8) is 0 Å². The van der Waals surface area contributed by atoms with E-state index >= 15 is 0 Å². The monoisotopic (exact) mass is 168 g/mol. The molecule has 0 fully saturated rings. The second-order valence-electron chi connectivity index (χ2n) is 1.85. The third-order valence-corrected chi connectivity index (χ3v) is 0.986. The molecule has 0 aromatic carbocycles. The van der Waals surface area contributed by atoms with Gasteiger partial charge in [0.15, 0.2) is 0 Å². The van der Waals surface area contributed by atoms with Crippen molar-refractivity contribution in [2.45, 2.75) is 12.6 Å². The van der Waals surface area contributed by atoms with E-state index in [1.54, 1.807) is 0 Å². The predicted molar refractivity (Wildman–Crippen MR) is 31.8 cm³/mol. The fourth-order valence-electron chi connectivity index (χ4n) is 0.347. The van der Waals surface area contributed by atoms with Crippen LogP contribution >= 0.6 is 0 Å². The zero-order valence-corrected chi connectivity index (χ0v) is 5.86. The lowest BCUT2D eigenvalue weighted by atomic mass is 10.2. The quantitative estimate of drug-likeness (QED) is 0.463. The minimum absolute atomic E-state index is 0.806. The molecule has 0 saturated carbocycles. The summed E-state index contributed by atoms with van der Waals surface area (Å²) >= 11 is 0. The van der Waals surface area contributed by atoms with Gasteiger partial charge in [0.05, 0.1) is 13.5 Å². The SMILES string of the molecule is C=C(CC(=O)OC)C(F)(F)F. The van der Waals surface area contributed by atoms with Gasteiger partial charge in [0, 0.05) is 5.57 Å². The van der Waals surface area contributed by atoms with Crippen LogP contribution in [0.1, 0.15) is 6.42 Å². The lowest BCUT2D eigenvalue weighted by Crippen LogP contribution is -2.15. The Bertz CT molecular complexity index is 171. The lowest BCUT2D eigenvalue weighted by Gasteiger charge is -2.07. The number of halogens is 3. The van der Waals surface area contributed by atoms with Crippen molar-refractivity contribution >= 4 is 5.97 Å². The number of esters is 1. The van der Waals surface area contributed by atoms with Crippen molar-refractivity contribution in [3.05, 3.63) is 12.2 Å². The molecule has 0 aliphatic carbocycles. The van der Waals surface area contributed by atoms with Gasteiger partial charge in [-0.15, -0.1) is 0 Å². The van der Waals surface area contributed by atoms with Gasteiger partial charge in [-0.1, -0.05) is 6.58 Å². The van der Waals surface area contributed by atoms with Gasteiger partial charge in [-0.05, 0) is 0 Å². The highest BCUT2D eigenvalue weighted by atomic mass is 19.4. The highest BCUT2D eigenvalue weighted by molar-refractivity contribution is 5.72. The average Bonchev–Trinajstić information content (AvgIpc) is 1.85. The Labute approximate surface area is 61.6 Å². The second-order valence-corrected chi connectivity index (χ2v) is 1.85. The van der Waals surface area contributed by atoms with Crippen LogP contribution in [0.2, 0.25) is 0 Å². The van der Waals surface area contributed by atoms with Crippen molar-refractivity contribution in [2.75, 3.05) is 7.11 Å². The Morgan fingerprint density at radius 2 is 2.00 bits per heavy atom. The van der Waals surface area contributed by atoms with Crippen molar-refractivity contribution in [3.8, 4) is 0 Å². The molecule has 0 saturated heterocycles. The second kappa shape index (κ2) is 3.41. The normalized spacial score (nSPS) is 10.9. The molecular weight excluding hydrogens is 161 g/mol. The van der Waals surface area contributed by atoms with E-state index in [0.29, 0.717) is 0 Å². The minimum Gasteiger partial charge on any atom is -0.469 e. The Hall–Kier alpha value is -1.00. The van der Waals surface area contributed by atoms with Crippen LogP contribution in [0.3, 0.4) is 0 Å². The van der Waals surface area contributed by atoms with E-state index in [9.17, 15) is 18.0 Å². The van der Waals surface area contributed by atoms with Gasteiger partial charge < -0.3 is 4.74 Å². The van der Waals surface area contributed by atoms with Gasteiger partial charge in [-0.2, -0.15) is 13.2 Å². The number of carbonyl (C=O) groups excluding carboxylic acids is 1. The van der Waals surface area contributed by atoms with Crippen LogP contribution in [-0.2, 0) is 9.53 Å². The van der Waals surface area contributed by atoms with Crippen LogP contribution in [0.4, 0.5) is 13.2 Å². The van der Waals surface area contributed by atoms with Crippen LogP contribution in [0.15, 0.2) is 12.2 Å². The van der Waals surface area contributed by atoms with E-state index < -0.39 is 24.1 Å². The van der Waals surface area contributed by atoms with E-state index in [1.807, 2.05) is 0 Å². The number of rotatable bonds is 2. The molecule has 64 valence electrons. The van der Waals surface area contributed by atoms with Crippen molar-refractivity contribution in [1.29, 1.82) is 0 Å². The van der Waals surface area contributed by atoms with Gasteiger partial charge in [0.2, 0.25) is 0 Å². The molecule has 0 aromatic heterocycles. The molecule has 0 amide bonds. The Morgan fingerprint density at radius 3 is 2.27 bits per heavy atom. The van der Waals surface area contributed by atoms with Crippen molar-refractivity contribution in [1.82, 2.24) is 0 Å². The van der Waals surface area contributed by atoms with Crippen LogP contribution < -0.4 is 0 Å². The standard InChI is InChI=1S/C6H7F3O2/c1-4(6(7,8)9)3-5(10)11-2/h1,3H2,2H3. The summed E-state index contributed by atoms with van der Waals surface area (Å²) in [6, 6.07) is 0. The first kappa shape index (κ1) is 10.0. The van der Waals surface area contributed by atoms with Crippen LogP contribution in [0, 0.1) is 0 Å². The number of ether oxygens (including phenoxy) is 1. The largest absolute Gasteiger partial charge is 0.469 e. The summed E-state index contributed by atoms with van der Waals surface area (Å²) in [5, 5.41) is 0. The summed E-state index contributed by atoms with van der Waals surface area (Å²) in [7, 11) is 1.02. The molecular formula is C6H7F3O2. The highest BCUT2D eigenvalue weighted by Gasteiger charge is 2.33. The van der Waals surface area contributed by atoms with E-state index in [1.165, 1.54) is 0 Å². The van der Waals surface area contributed by atoms with Crippen molar-refractivity contribution in [2.24, 2.45) is 0 Å². The summed E-state index contributed by atoms with van der Waals surface area (Å²) in [6.07, 6.45) is -5.31. The summed E-state index contributed by atoms with van der Waals surface area (Å²) in [5.41, 5.74) is -1.09. The predicted octanol–water partition coefficient (Wildman–Crippen LogP) is 1.67. The maximum atomic E-state index is 11.6. The zero-order chi connectivity index (χ0) is 9.07. The van der Waals surface area contributed by atoms with Gasteiger partial charge in [-0.25, -0.2) is 0 Å². The van der Waals surface area contributed by atoms with Gasteiger partial charge in [0.25, 0.3) is 0 Å². The maximum Gasteiger partial charge on any atom is 0.412 e. The molecule has 0 aromatic rings. The van der Waals surface area contributed by atoms with E-state index in [-0.39, 0.29) is 0 Å². The summed E-state index contributed by atoms with van der Waals surface area (Å²) in [6.45, 7) is 2.69. The first-order valence-corrected chi connectivity index (χ1v) is 2.69. The molecule has 0 spiro atoms. The molecule has 0 aliphatic rings. The summed E-state index contributed by atoms with van der Waals surface area (Å²) < 4.78 is 38.9. The Morgan fingerprint density at radius 1 is 1.55 bits per heavy atom. The Balaban J connectivity index is 3.99. The molecule has 2 nitrogen and oxygen atoms in total. The van der Waals surface area contributed by atoms with Crippen LogP contribution in [0.5, 0.6) is 0 Å². The first-order chi connectivity index (χ1) is 4.88. The molecule has 11 heavy (non-hydrogen) atoms. The number of hydrogen-bond donors (Lipinski definition) is 0. The van der Waals surface area contributed by atoms with Crippen LogP contribution in [-0.4, -0.2) is 19.3 Å². The fourth-order valence-corrected chi connectivity index (χ4v) is 0.347. The lowest BCUT2D eigenvalue weighted by molar-refractivity contribution is -0.143. The van der Waals surface area contributed by atoms with Crippen molar-refractivity contribution < 1.29 is 22.7 Å². The smallest absolute Gasteiger partial charge is 0.412 e. The van der Waals surface area contributed by atoms with Gasteiger partial charge in [0.1, 0.15) is 0 Å². The van der Waals surface area contributed by atoms with E-state index in [2.05, 4.69) is 11.3 Å². The van der Waals surface area contributed by atoms with Gasteiger partial charge in [-0.3, -0.25) is 4.79 Å². The third-order valence-electron chi connectivity index (χ3n) is 0.986. The molecule has 0 heterocycles. The molecule has 5 heteroatoms. The maximum absolute atomic E-state index is 11.6. The molecule has 0 unspecified atom stereocenters. The van der Waals surface area contributed by atoms with E-state index in [0.717, 1.165) is 7.11 Å².